The Bertz CT molecular complexity index is 710. The van der Waals surface area contributed by atoms with Gasteiger partial charge in [-0.25, -0.2) is 4.79 Å². The topological polar surface area (TPSA) is 129 Å². The zero-order chi connectivity index (χ0) is 20.1. The number of anilines is 2. The second-order valence-electron chi connectivity index (χ2n) is 8.19. The Morgan fingerprint density at radius 2 is 1.78 bits per heavy atom. The molecule has 2 saturated carbocycles. The number of fused-ring (bicyclic) bond motifs is 1. The van der Waals surface area contributed by atoms with E-state index < -0.39 is 22.5 Å². The molecular formula is C18H24N2O7-2. The van der Waals surface area contributed by atoms with Crippen molar-refractivity contribution < 1.29 is 24.7 Å². The average molecular weight is 380 g/mol. The van der Waals surface area contributed by atoms with E-state index in [-0.39, 0.29) is 28.0 Å². The average Bonchev–Trinajstić information content (AvgIpc) is 3.11. The fourth-order valence-corrected chi connectivity index (χ4v) is 4.44. The molecule has 1 aromatic rings. The normalized spacial score (nSPS) is 31.0. The molecule has 2 aliphatic carbocycles. The minimum Gasteiger partial charge on any atom is -0.769 e. The van der Waals surface area contributed by atoms with Crippen LogP contribution in [0.3, 0.4) is 0 Å². The predicted molar refractivity (Wildman–Crippen MR) is 96.3 cm³/mol. The van der Waals surface area contributed by atoms with Gasteiger partial charge in [0.1, 0.15) is 5.60 Å². The van der Waals surface area contributed by atoms with Crippen molar-refractivity contribution >= 4 is 17.3 Å². The summed E-state index contributed by atoms with van der Waals surface area (Å²) in [5, 5.41) is 39.5. The molecule has 0 unspecified atom stereocenters. The maximum Gasteiger partial charge on any atom is 0.338 e. The van der Waals surface area contributed by atoms with E-state index in [0.29, 0.717) is 18.3 Å². The summed E-state index contributed by atoms with van der Waals surface area (Å²) in [6, 6.07) is 3.11. The molecule has 2 N–H and O–H groups in total. The van der Waals surface area contributed by atoms with Gasteiger partial charge in [0.2, 0.25) is 0 Å². The van der Waals surface area contributed by atoms with E-state index in [4.69, 9.17) is 9.47 Å². The van der Waals surface area contributed by atoms with Crippen LogP contribution in [0, 0.1) is 27.7 Å². The molecule has 150 valence electrons. The van der Waals surface area contributed by atoms with E-state index in [1.165, 1.54) is 0 Å². The molecule has 0 bridgehead atoms. The first-order chi connectivity index (χ1) is 12.5. The van der Waals surface area contributed by atoms with Gasteiger partial charge in [-0.1, -0.05) is 13.8 Å². The number of carbonyl (C=O) groups is 1. The SMILES string of the molecule is CO[C@@H]1C[C@H]2[C@H](C[C@@]1(C)OC(=O)c1cc(N([O-])[O-])cc(N(O)O)c1)C2(C)C. The van der Waals surface area contributed by atoms with Crippen LogP contribution in [0.1, 0.15) is 44.0 Å². The molecule has 9 heteroatoms. The van der Waals surface area contributed by atoms with Gasteiger partial charge in [0.15, 0.2) is 0 Å². The van der Waals surface area contributed by atoms with Gasteiger partial charge in [0.25, 0.3) is 0 Å². The van der Waals surface area contributed by atoms with Crippen LogP contribution in [-0.2, 0) is 9.47 Å². The number of nitrogens with zero attached hydrogens (tertiary/aromatic N) is 2. The first-order valence-corrected chi connectivity index (χ1v) is 8.73. The van der Waals surface area contributed by atoms with Crippen LogP contribution in [0.15, 0.2) is 18.2 Å². The van der Waals surface area contributed by atoms with Crippen molar-refractivity contribution in [1.29, 1.82) is 0 Å². The molecule has 0 heterocycles. The summed E-state index contributed by atoms with van der Waals surface area (Å²) in [6.07, 6.45) is 1.14. The molecule has 9 nitrogen and oxygen atoms in total. The largest absolute Gasteiger partial charge is 0.769 e. The quantitative estimate of drug-likeness (QED) is 0.585. The Labute approximate surface area is 157 Å². The highest BCUT2D eigenvalue weighted by molar-refractivity contribution is 5.92. The molecule has 1 aromatic carbocycles. The lowest BCUT2D eigenvalue weighted by atomic mass is 9.83. The van der Waals surface area contributed by atoms with Crippen molar-refractivity contribution in [3.05, 3.63) is 34.2 Å². The van der Waals surface area contributed by atoms with Crippen LogP contribution in [0.25, 0.3) is 0 Å². The molecule has 2 fully saturated rings. The molecule has 0 aliphatic heterocycles. The van der Waals surface area contributed by atoms with Crippen molar-refractivity contribution in [3.63, 3.8) is 0 Å². The Kier molecular flexibility index (Phi) is 4.86. The highest BCUT2D eigenvalue weighted by atomic mass is 16.8. The van der Waals surface area contributed by atoms with Crippen molar-refractivity contribution in [2.45, 2.75) is 45.3 Å². The van der Waals surface area contributed by atoms with Crippen LogP contribution in [0.4, 0.5) is 11.4 Å². The lowest BCUT2D eigenvalue weighted by Crippen LogP contribution is -2.47. The van der Waals surface area contributed by atoms with Gasteiger partial charge in [-0.05, 0) is 55.2 Å². The van der Waals surface area contributed by atoms with Gasteiger partial charge >= 0.3 is 5.97 Å². The van der Waals surface area contributed by atoms with E-state index in [0.717, 1.165) is 24.6 Å². The van der Waals surface area contributed by atoms with Crippen LogP contribution in [0.2, 0.25) is 0 Å². The van der Waals surface area contributed by atoms with Crippen LogP contribution in [-0.4, -0.2) is 35.2 Å². The fraction of sp³-hybridized carbons (Fsp3) is 0.611. The third-order valence-corrected chi connectivity index (χ3v) is 6.25. The van der Waals surface area contributed by atoms with E-state index in [9.17, 15) is 25.6 Å². The van der Waals surface area contributed by atoms with Gasteiger partial charge in [0, 0.05) is 12.8 Å². The molecular weight excluding hydrogens is 356 g/mol. The second kappa shape index (κ2) is 6.61. The van der Waals surface area contributed by atoms with Crippen LogP contribution < -0.4 is 10.5 Å². The highest BCUT2D eigenvalue weighted by Gasteiger charge is 2.65. The zero-order valence-electron chi connectivity index (χ0n) is 15.7. The molecule has 27 heavy (non-hydrogen) atoms. The number of hydrogen-bond acceptors (Lipinski definition) is 9. The minimum absolute atomic E-state index is 0.138. The summed E-state index contributed by atoms with van der Waals surface area (Å²) < 4.78 is 11.3. The number of methoxy groups -OCH3 is 1. The summed E-state index contributed by atoms with van der Waals surface area (Å²) in [5.74, 6) is 0.173. The van der Waals surface area contributed by atoms with Gasteiger partial charge in [-0.2, -0.15) is 0 Å². The molecule has 4 atom stereocenters. The summed E-state index contributed by atoms with van der Waals surface area (Å²) >= 11 is 0. The smallest absolute Gasteiger partial charge is 0.338 e. The standard InChI is InChI=1S/C18H24N2O7/c1-17(2)13-8-15(26-4)18(3,9-14(13)17)27-16(21)10-5-11(19(22)23)7-12(6-10)20(24)25/h5-7,13-15,22-23H,8-9H2,1-4H3/q-2/t13-,14-,15+,18+/m0/s1. The first kappa shape index (κ1) is 19.8. The Morgan fingerprint density at radius 1 is 1.15 bits per heavy atom. The lowest BCUT2D eigenvalue weighted by Gasteiger charge is -2.40. The number of rotatable bonds is 5. The number of benzene rings is 1. The molecule has 0 amide bonds. The monoisotopic (exact) mass is 380 g/mol. The molecule has 0 spiro atoms. The third-order valence-electron chi connectivity index (χ3n) is 6.25. The zero-order valence-corrected chi connectivity index (χ0v) is 15.7. The van der Waals surface area contributed by atoms with E-state index in [2.05, 4.69) is 13.8 Å². The Morgan fingerprint density at radius 3 is 2.33 bits per heavy atom. The molecule has 0 saturated heterocycles. The van der Waals surface area contributed by atoms with Crippen molar-refractivity contribution in [2.75, 3.05) is 17.6 Å². The van der Waals surface area contributed by atoms with Crippen molar-refractivity contribution in [1.82, 2.24) is 0 Å². The number of carbonyl (C=O) groups excluding carboxylic acids is 1. The third kappa shape index (κ3) is 3.48. The van der Waals surface area contributed by atoms with Crippen LogP contribution >= 0.6 is 0 Å². The lowest BCUT2D eigenvalue weighted by molar-refractivity contribution is -0.116. The summed E-state index contributed by atoms with van der Waals surface area (Å²) in [5.41, 5.74) is -1.59. The van der Waals surface area contributed by atoms with E-state index >= 15 is 0 Å². The van der Waals surface area contributed by atoms with E-state index in [1.54, 1.807) is 7.11 Å². The van der Waals surface area contributed by atoms with Gasteiger partial charge in [-0.3, -0.25) is 10.4 Å². The minimum atomic E-state index is -0.871. The van der Waals surface area contributed by atoms with E-state index in [1.807, 2.05) is 6.92 Å². The Balaban J connectivity index is 1.86. The number of hydrogen-bond donors (Lipinski definition) is 2. The predicted octanol–water partition coefficient (Wildman–Crippen LogP) is 3.07. The van der Waals surface area contributed by atoms with Gasteiger partial charge in [-0.15, -0.1) is 5.23 Å². The maximum atomic E-state index is 12.7. The maximum absolute atomic E-state index is 12.7. The highest BCUT2D eigenvalue weighted by Crippen LogP contribution is 2.67. The van der Waals surface area contributed by atoms with Crippen molar-refractivity contribution in [2.24, 2.45) is 17.3 Å². The molecule has 0 radical (unpaired) electrons. The number of ether oxygens (including phenoxy) is 2. The summed E-state index contributed by atoms with van der Waals surface area (Å²) in [4.78, 5) is 12.7. The molecule has 0 aromatic heterocycles. The Hall–Kier alpha value is -1.91. The van der Waals surface area contributed by atoms with Crippen LogP contribution in [0.5, 0.6) is 0 Å². The van der Waals surface area contributed by atoms with Gasteiger partial charge in [0.05, 0.1) is 17.4 Å². The molecule has 2 aliphatic rings. The number of esters is 1. The molecule has 3 rings (SSSR count). The van der Waals surface area contributed by atoms with Gasteiger partial charge < -0.3 is 25.1 Å². The summed E-state index contributed by atoms with van der Waals surface area (Å²) in [6.45, 7) is 6.19. The first-order valence-electron chi connectivity index (χ1n) is 8.73. The fourth-order valence-electron chi connectivity index (χ4n) is 4.44. The van der Waals surface area contributed by atoms with Crippen molar-refractivity contribution in [3.8, 4) is 0 Å². The second-order valence-corrected chi connectivity index (χ2v) is 8.19. The summed E-state index contributed by atoms with van der Waals surface area (Å²) in [7, 11) is 1.58.